The number of nitrogens with one attached hydrogen (secondary N) is 1. The zero-order chi connectivity index (χ0) is 12.8. The van der Waals surface area contributed by atoms with Crippen LogP contribution in [0.3, 0.4) is 0 Å². The van der Waals surface area contributed by atoms with Crippen molar-refractivity contribution in [2.24, 2.45) is 5.92 Å². The van der Waals surface area contributed by atoms with E-state index in [1.54, 1.807) is 4.90 Å². The first-order chi connectivity index (χ1) is 8.00. The van der Waals surface area contributed by atoms with Crippen LogP contribution in [-0.4, -0.2) is 62.4 Å². The fraction of sp³-hybridized carbons (Fsp3) is 0.833. The van der Waals surface area contributed by atoms with Crippen molar-refractivity contribution in [2.45, 2.75) is 19.3 Å². The van der Waals surface area contributed by atoms with E-state index in [0.29, 0.717) is 19.4 Å². The van der Waals surface area contributed by atoms with Gasteiger partial charge in [0.15, 0.2) is 0 Å². The van der Waals surface area contributed by atoms with Gasteiger partial charge >= 0.3 is 0 Å². The summed E-state index contributed by atoms with van der Waals surface area (Å²) in [5.74, 6) is 0.185. The van der Waals surface area contributed by atoms with Crippen LogP contribution in [0.5, 0.6) is 0 Å². The Bertz CT molecular complexity index is 269. The molecule has 0 aliphatic carbocycles. The Labute approximate surface area is 103 Å². The van der Waals surface area contributed by atoms with Crippen LogP contribution in [0, 0.1) is 5.92 Å². The van der Waals surface area contributed by atoms with E-state index in [-0.39, 0.29) is 17.7 Å². The molecule has 0 saturated carbocycles. The molecule has 5 nitrogen and oxygen atoms in total. The van der Waals surface area contributed by atoms with Crippen molar-refractivity contribution < 1.29 is 9.59 Å². The molecule has 1 atom stereocenters. The highest BCUT2D eigenvalue weighted by atomic mass is 16.2. The minimum atomic E-state index is -0.0305. The fourth-order valence-corrected chi connectivity index (χ4v) is 1.99. The third-order valence-electron chi connectivity index (χ3n) is 3.09. The van der Waals surface area contributed by atoms with Crippen molar-refractivity contribution in [3.63, 3.8) is 0 Å². The summed E-state index contributed by atoms with van der Waals surface area (Å²) in [7, 11) is 5.89. The number of amides is 2. The normalized spacial score (nSPS) is 20.2. The van der Waals surface area contributed by atoms with E-state index in [1.807, 2.05) is 21.1 Å². The largest absolute Gasteiger partial charge is 0.355 e. The third-order valence-corrected chi connectivity index (χ3v) is 3.09. The quantitative estimate of drug-likeness (QED) is 0.732. The van der Waals surface area contributed by atoms with Crippen LogP contribution in [0.25, 0.3) is 0 Å². The van der Waals surface area contributed by atoms with Crippen molar-refractivity contribution in [3.8, 4) is 0 Å². The van der Waals surface area contributed by atoms with Gasteiger partial charge in [-0.15, -0.1) is 0 Å². The van der Waals surface area contributed by atoms with Crippen molar-refractivity contribution >= 4 is 11.8 Å². The van der Waals surface area contributed by atoms with Crippen LogP contribution in [0.15, 0.2) is 0 Å². The van der Waals surface area contributed by atoms with Gasteiger partial charge in [0, 0.05) is 26.6 Å². The predicted octanol–water partition coefficient (Wildman–Crippen LogP) is -0.0773. The summed E-state index contributed by atoms with van der Waals surface area (Å²) in [6.45, 7) is 2.26. The summed E-state index contributed by atoms with van der Waals surface area (Å²) >= 11 is 0. The van der Waals surface area contributed by atoms with Crippen molar-refractivity contribution in [1.29, 1.82) is 0 Å². The molecule has 2 amide bonds. The van der Waals surface area contributed by atoms with Crippen LogP contribution >= 0.6 is 0 Å². The summed E-state index contributed by atoms with van der Waals surface area (Å²) in [5, 5.41) is 2.75. The lowest BCUT2D eigenvalue weighted by atomic mass is 9.98. The van der Waals surface area contributed by atoms with E-state index in [9.17, 15) is 9.59 Å². The molecule has 1 fully saturated rings. The number of nitrogens with zero attached hydrogens (tertiary/aromatic N) is 2. The van der Waals surface area contributed by atoms with E-state index in [4.69, 9.17) is 0 Å². The van der Waals surface area contributed by atoms with E-state index in [0.717, 1.165) is 19.5 Å². The molecule has 0 spiro atoms. The van der Waals surface area contributed by atoms with Crippen LogP contribution < -0.4 is 5.32 Å². The molecule has 17 heavy (non-hydrogen) atoms. The molecule has 0 aromatic rings. The molecule has 1 heterocycles. The smallest absolute Gasteiger partial charge is 0.227 e. The molecule has 0 radical (unpaired) electrons. The SMILES string of the molecule is CN(C)CCCN(C)C(=O)C1CCC(=O)NC1. The molecule has 0 aromatic heterocycles. The number of hydrogen-bond acceptors (Lipinski definition) is 3. The van der Waals surface area contributed by atoms with Crippen molar-refractivity contribution in [1.82, 2.24) is 15.1 Å². The standard InChI is InChI=1S/C12H23N3O2/c1-14(2)7-4-8-15(3)12(17)10-5-6-11(16)13-9-10/h10H,4-9H2,1-3H3,(H,13,16). The van der Waals surface area contributed by atoms with Gasteiger partial charge in [-0.05, 0) is 33.5 Å². The Morgan fingerprint density at radius 1 is 1.35 bits per heavy atom. The molecule has 1 aliphatic heterocycles. The lowest BCUT2D eigenvalue weighted by Crippen LogP contribution is -2.44. The van der Waals surface area contributed by atoms with Crippen molar-refractivity contribution in [2.75, 3.05) is 40.8 Å². The highest BCUT2D eigenvalue weighted by Gasteiger charge is 2.26. The van der Waals surface area contributed by atoms with Gasteiger partial charge in [-0.25, -0.2) is 0 Å². The third kappa shape index (κ3) is 4.73. The summed E-state index contributed by atoms with van der Waals surface area (Å²) in [6, 6.07) is 0. The number of piperidine rings is 1. The molecule has 98 valence electrons. The first-order valence-electron chi connectivity index (χ1n) is 6.17. The molecule has 0 bridgehead atoms. The Morgan fingerprint density at radius 2 is 2.06 bits per heavy atom. The Hall–Kier alpha value is -1.10. The molecule has 5 heteroatoms. The molecule has 1 rings (SSSR count). The molecule has 1 saturated heterocycles. The Morgan fingerprint density at radius 3 is 2.59 bits per heavy atom. The monoisotopic (exact) mass is 241 g/mol. The van der Waals surface area contributed by atoms with Crippen molar-refractivity contribution in [3.05, 3.63) is 0 Å². The summed E-state index contributed by atoms with van der Waals surface area (Å²) in [5.41, 5.74) is 0. The highest BCUT2D eigenvalue weighted by Crippen LogP contribution is 2.13. The van der Waals surface area contributed by atoms with Gasteiger partial charge in [-0.1, -0.05) is 0 Å². The molecule has 0 aromatic carbocycles. The predicted molar refractivity (Wildman–Crippen MR) is 66.5 cm³/mol. The Kier molecular flexibility index (Phi) is 5.41. The molecule has 1 N–H and O–H groups in total. The Balaban J connectivity index is 2.28. The highest BCUT2D eigenvalue weighted by molar-refractivity contribution is 5.83. The molecular weight excluding hydrogens is 218 g/mol. The first-order valence-corrected chi connectivity index (χ1v) is 6.17. The van der Waals surface area contributed by atoms with Gasteiger partial charge in [0.2, 0.25) is 11.8 Å². The van der Waals surface area contributed by atoms with Gasteiger partial charge in [0.25, 0.3) is 0 Å². The van der Waals surface area contributed by atoms with Gasteiger partial charge in [-0.3, -0.25) is 9.59 Å². The maximum Gasteiger partial charge on any atom is 0.227 e. The lowest BCUT2D eigenvalue weighted by molar-refractivity contribution is -0.136. The second-order valence-corrected chi connectivity index (χ2v) is 4.96. The van der Waals surface area contributed by atoms with E-state index in [2.05, 4.69) is 10.2 Å². The van der Waals surface area contributed by atoms with Crippen LogP contribution in [0.2, 0.25) is 0 Å². The summed E-state index contributed by atoms with van der Waals surface area (Å²) in [4.78, 5) is 26.9. The maximum absolute atomic E-state index is 12.0. The van der Waals surface area contributed by atoms with E-state index >= 15 is 0 Å². The summed E-state index contributed by atoms with van der Waals surface area (Å²) < 4.78 is 0. The molecule has 1 aliphatic rings. The fourth-order valence-electron chi connectivity index (χ4n) is 1.99. The average Bonchev–Trinajstić information content (AvgIpc) is 2.28. The van der Waals surface area contributed by atoms with Gasteiger partial charge in [0.05, 0.1) is 5.92 Å². The minimum Gasteiger partial charge on any atom is -0.355 e. The first kappa shape index (κ1) is 14.0. The maximum atomic E-state index is 12.0. The number of hydrogen-bond donors (Lipinski definition) is 1. The minimum absolute atomic E-state index is 0.0305. The van der Waals surface area contributed by atoms with Crippen LogP contribution in [0.1, 0.15) is 19.3 Å². The zero-order valence-electron chi connectivity index (χ0n) is 11.0. The van der Waals surface area contributed by atoms with Gasteiger partial charge in [-0.2, -0.15) is 0 Å². The number of rotatable bonds is 5. The number of carbonyl (C=O) groups is 2. The molecule has 1 unspecified atom stereocenters. The second-order valence-electron chi connectivity index (χ2n) is 4.96. The van der Waals surface area contributed by atoms with Gasteiger partial charge in [0.1, 0.15) is 0 Å². The lowest BCUT2D eigenvalue weighted by Gasteiger charge is -2.27. The average molecular weight is 241 g/mol. The second kappa shape index (κ2) is 6.59. The number of carbonyl (C=O) groups excluding carboxylic acids is 2. The summed E-state index contributed by atoms with van der Waals surface area (Å²) in [6.07, 6.45) is 2.14. The van der Waals surface area contributed by atoms with Gasteiger partial charge < -0.3 is 15.1 Å². The zero-order valence-corrected chi connectivity index (χ0v) is 11.0. The molecular formula is C12H23N3O2. The van der Waals surface area contributed by atoms with E-state index in [1.165, 1.54) is 0 Å². The van der Waals surface area contributed by atoms with Crippen LogP contribution in [0.4, 0.5) is 0 Å². The van der Waals surface area contributed by atoms with E-state index < -0.39 is 0 Å². The van der Waals surface area contributed by atoms with Crippen LogP contribution in [-0.2, 0) is 9.59 Å². The topological polar surface area (TPSA) is 52.7 Å².